The Balaban J connectivity index is 2.45. The zero-order chi connectivity index (χ0) is 11.3. The molecular formula is C12H23NO2. The first-order valence-electron chi connectivity index (χ1n) is 5.91. The topological polar surface area (TPSA) is 38.3 Å². The van der Waals surface area contributed by atoms with E-state index in [-0.39, 0.29) is 5.97 Å². The van der Waals surface area contributed by atoms with Gasteiger partial charge in [0.05, 0.1) is 13.5 Å². The first-order chi connectivity index (χ1) is 7.17. The summed E-state index contributed by atoms with van der Waals surface area (Å²) in [5, 5.41) is 3.26. The maximum absolute atomic E-state index is 11.2. The Bertz CT molecular complexity index is 206. The average molecular weight is 213 g/mol. The fraction of sp³-hybridized carbons (Fsp3) is 0.917. The van der Waals surface area contributed by atoms with E-state index < -0.39 is 0 Å². The quantitative estimate of drug-likeness (QED) is 0.726. The zero-order valence-corrected chi connectivity index (χ0v) is 10.1. The highest BCUT2D eigenvalue weighted by Crippen LogP contribution is 2.31. The lowest BCUT2D eigenvalue weighted by molar-refractivity contribution is -0.141. The smallest absolute Gasteiger partial charge is 0.307 e. The van der Waals surface area contributed by atoms with Crippen LogP contribution in [0.25, 0.3) is 0 Å². The molecule has 0 radical (unpaired) electrons. The second-order valence-corrected chi connectivity index (χ2v) is 4.71. The first kappa shape index (κ1) is 12.5. The Morgan fingerprint density at radius 1 is 1.53 bits per heavy atom. The van der Waals surface area contributed by atoms with Gasteiger partial charge in [-0.1, -0.05) is 19.8 Å². The third-order valence-electron chi connectivity index (χ3n) is 3.53. The molecule has 88 valence electrons. The molecule has 3 heteroatoms. The van der Waals surface area contributed by atoms with Gasteiger partial charge in [-0.15, -0.1) is 0 Å². The van der Waals surface area contributed by atoms with E-state index in [0.29, 0.717) is 18.4 Å². The van der Waals surface area contributed by atoms with Gasteiger partial charge in [0.15, 0.2) is 0 Å². The van der Waals surface area contributed by atoms with E-state index in [1.54, 1.807) is 0 Å². The van der Waals surface area contributed by atoms with Crippen LogP contribution in [0.1, 0.15) is 39.0 Å². The third-order valence-corrected chi connectivity index (χ3v) is 3.53. The van der Waals surface area contributed by atoms with Gasteiger partial charge in [-0.2, -0.15) is 0 Å². The van der Waals surface area contributed by atoms with Crippen LogP contribution in [0, 0.1) is 11.8 Å². The Morgan fingerprint density at radius 3 is 2.80 bits per heavy atom. The number of hydrogen-bond donors (Lipinski definition) is 1. The summed E-state index contributed by atoms with van der Waals surface area (Å²) in [5.74, 6) is 1.34. The van der Waals surface area contributed by atoms with E-state index in [1.807, 2.05) is 7.05 Å². The molecule has 1 aliphatic rings. The van der Waals surface area contributed by atoms with Gasteiger partial charge in [0.1, 0.15) is 0 Å². The number of carbonyl (C=O) groups excluding carboxylic acids is 1. The highest BCUT2D eigenvalue weighted by Gasteiger charge is 2.27. The molecule has 3 unspecified atom stereocenters. The average Bonchev–Trinajstić information content (AvgIpc) is 2.25. The number of esters is 1. The Kier molecular flexibility index (Phi) is 5.09. The van der Waals surface area contributed by atoms with E-state index >= 15 is 0 Å². The van der Waals surface area contributed by atoms with Gasteiger partial charge >= 0.3 is 5.97 Å². The fourth-order valence-electron chi connectivity index (χ4n) is 2.61. The minimum absolute atomic E-state index is 0.104. The minimum atomic E-state index is -0.104. The summed E-state index contributed by atoms with van der Waals surface area (Å²) in [6.45, 7) is 2.30. The highest BCUT2D eigenvalue weighted by atomic mass is 16.5. The van der Waals surface area contributed by atoms with Crippen LogP contribution in [-0.4, -0.2) is 26.2 Å². The molecule has 3 atom stereocenters. The molecule has 0 saturated heterocycles. The summed E-state index contributed by atoms with van der Waals surface area (Å²) in [6, 6.07) is 0.292. The van der Waals surface area contributed by atoms with Gasteiger partial charge < -0.3 is 10.1 Å². The van der Waals surface area contributed by atoms with Gasteiger partial charge in [0.2, 0.25) is 0 Å². The van der Waals surface area contributed by atoms with Gasteiger partial charge in [0.25, 0.3) is 0 Å². The largest absolute Gasteiger partial charge is 0.469 e. The number of rotatable bonds is 4. The molecule has 1 aliphatic carbocycles. The molecule has 3 nitrogen and oxygen atoms in total. The van der Waals surface area contributed by atoms with Crippen LogP contribution in [0.15, 0.2) is 0 Å². The maximum Gasteiger partial charge on any atom is 0.307 e. The summed E-state index contributed by atoms with van der Waals surface area (Å²) in [4.78, 5) is 11.2. The van der Waals surface area contributed by atoms with Crippen molar-refractivity contribution in [2.45, 2.75) is 45.1 Å². The lowest BCUT2D eigenvalue weighted by Crippen LogP contribution is -2.38. The van der Waals surface area contributed by atoms with Crippen LogP contribution < -0.4 is 5.32 Å². The molecule has 0 aromatic heterocycles. The van der Waals surface area contributed by atoms with Crippen LogP contribution in [0.2, 0.25) is 0 Å². The molecule has 0 aliphatic heterocycles. The number of nitrogens with one attached hydrogen (secondary N) is 1. The van der Waals surface area contributed by atoms with Crippen LogP contribution >= 0.6 is 0 Å². The molecule has 0 amide bonds. The lowest BCUT2D eigenvalue weighted by Gasteiger charge is -2.32. The van der Waals surface area contributed by atoms with Crippen molar-refractivity contribution in [3.63, 3.8) is 0 Å². The summed E-state index contributed by atoms with van der Waals surface area (Å²) in [5.41, 5.74) is 0. The molecular weight excluding hydrogens is 190 g/mol. The molecule has 1 fully saturated rings. The van der Waals surface area contributed by atoms with Crippen molar-refractivity contribution in [3.05, 3.63) is 0 Å². The van der Waals surface area contributed by atoms with E-state index in [4.69, 9.17) is 4.74 Å². The SMILES string of the molecule is CNC(CC(=O)OC)C1CCCC(C)C1. The fourth-order valence-corrected chi connectivity index (χ4v) is 2.61. The standard InChI is InChI=1S/C12H23NO2/c1-9-5-4-6-10(7-9)11(13-2)8-12(14)15-3/h9-11,13H,4-8H2,1-3H3. The Morgan fingerprint density at radius 2 is 2.27 bits per heavy atom. The summed E-state index contributed by atoms with van der Waals surface area (Å²) < 4.78 is 4.72. The van der Waals surface area contributed by atoms with E-state index in [1.165, 1.54) is 32.8 Å². The van der Waals surface area contributed by atoms with Crippen LogP contribution in [0.5, 0.6) is 0 Å². The number of carbonyl (C=O) groups is 1. The van der Waals surface area contributed by atoms with Crippen molar-refractivity contribution in [1.82, 2.24) is 5.32 Å². The summed E-state index contributed by atoms with van der Waals surface area (Å²) >= 11 is 0. The minimum Gasteiger partial charge on any atom is -0.469 e. The monoisotopic (exact) mass is 213 g/mol. The second kappa shape index (κ2) is 6.11. The zero-order valence-electron chi connectivity index (χ0n) is 10.1. The van der Waals surface area contributed by atoms with E-state index in [0.717, 1.165) is 5.92 Å². The van der Waals surface area contributed by atoms with Crippen molar-refractivity contribution in [1.29, 1.82) is 0 Å². The Hall–Kier alpha value is -0.570. The first-order valence-corrected chi connectivity index (χ1v) is 5.91. The third kappa shape index (κ3) is 3.82. The summed E-state index contributed by atoms with van der Waals surface area (Å²) in [6.07, 6.45) is 5.62. The molecule has 0 spiro atoms. The van der Waals surface area contributed by atoms with Gasteiger partial charge in [-0.3, -0.25) is 4.79 Å². The van der Waals surface area contributed by atoms with Crippen molar-refractivity contribution in [2.24, 2.45) is 11.8 Å². The van der Waals surface area contributed by atoms with Crippen LogP contribution in [0.3, 0.4) is 0 Å². The lowest BCUT2D eigenvalue weighted by atomic mass is 9.78. The van der Waals surface area contributed by atoms with Crippen LogP contribution in [0.4, 0.5) is 0 Å². The summed E-state index contributed by atoms with van der Waals surface area (Å²) in [7, 11) is 3.39. The van der Waals surface area contributed by atoms with Crippen molar-refractivity contribution in [2.75, 3.05) is 14.2 Å². The Labute approximate surface area is 92.6 Å². The maximum atomic E-state index is 11.2. The van der Waals surface area contributed by atoms with Crippen molar-refractivity contribution in [3.8, 4) is 0 Å². The molecule has 1 N–H and O–H groups in total. The molecule has 1 rings (SSSR count). The molecule has 0 bridgehead atoms. The predicted molar refractivity (Wildman–Crippen MR) is 60.6 cm³/mol. The van der Waals surface area contributed by atoms with Crippen molar-refractivity contribution >= 4 is 5.97 Å². The molecule has 0 aromatic carbocycles. The molecule has 15 heavy (non-hydrogen) atoms. The van der Waals surface area contributed by atoms with Crippen LogP contribution in [-0.2, 0) is 9.53 Å². The highest BCUT2D eigenvalue weighted by molar-refractivity contribution is 5.69. The van der Waals surface area contributed by atoms with Gasteiger partial charge in [-0.05, 0) is 31.7 Å². The number of methoxy groups -OCH3 is 1. The normalized spacial score (nSPS) is 28.5. The van der Waals surface area contributed by atoms with Gasteiger partial charge in [-0.25, -0.2) is 0 Å². The van der Waals surface area contributed by atoms with E-state index in [9.17, 15) is 4.79 Å². The molecule has 0 heterocycles. The number of ether oxygens (including phenoxy) is 1. The second-order valence-electron chi connectivity index (χ2n) is 4.71. The van der Waals surface area contributed by atoms with Crippen molar-refractivity contribution < 1.29 is 9.53 Å². The van der Waals surface area contributed by atoms with E-state index in [2.05, 4.69) is 12.2 Å². The number of hydrogen-bond acceptors (Lipinski definition) is 3. The molecule has 1 saturated carbocycles. The van der Waals surface area contributed by atoms with Gasteiger partial charge in [0, 0.05) is 6.04 Å². The predicted octanol–water partition coefficient (Wildman–Crippen LogP) is 1.96. The molecule has 0 aromatic rings.